The van der Waals surface area contributed by atoms with Crippen molar-refractivity contribution in [1.82, 2.24) is 9.80 Å². The third-order valence-electron chi connectivity index (χ3n) is 8.82. The maximum Gasteiger partial charge on any atom is 0.255 e. The summed E-state index contributed by atoms with van der Waals surface area (Å²) in [4.78, 5) is 30.7. The molecule has 4 aliphatic carbocycles. The molecule has 2 amide bonds. The monoisotopic (exact) mass is 442 g/mol. The van der Waals surface area contributed by atoms with Crippen LogP contribution in [0.2, 0.25) is 0 Å². The standard InChI is InChI=1S/C25H31FN2O2S/c26-21-3-1-2-20(13-21)22(29)28-8-9-31-25(28)4-6-27(7-5-25)23(30)24-14-17-10-18(15-24)12-19(11-17)16-24/h1-3,13,17-19H,4-12,14-16H2. The van der Waals surface area contributed by atoms with Crippen LogP contribution in [0.1, 0.15) is 61.7 Å². The lowest BCUT2D eigenvalue weighted by Crippen LogP contribution is -2.58. The van der Waals surface area contributed by atoms with Crippen molar-refractivity contribution in [3.05, 3.63) is 35.6 Å². The SMILES string of the molecule is O=C(c1cccc(F)c1)N1CCSC12CCN(C(=O)C13CC4CC(CC(C4)C1)C3)CC2. The van der Waals surface area contributed by atoms with Crippen molar-refractivity contribution in [1.29, 1.82) is 0 Å². The van der Waals surface area contributed by atoms with Crippen LogP contribution < -0.4 is 0 Å². The predicted molar refractivity (Wildman–Crippen MR) is 119 cm³/mol. The first-order chi connectivity index (χ1) is 15.0. The fourth-order valence-corrected chi connectivity index (χ4v) is 9.31. The second-order valence-electron chi connectivity index (χ2n) is 10.8. The number of likely N-dealkylation sites (tertiary alicyclic amines) is 1. The molecule has 0 radical (unpaired) electrons. The molecule has 1 aromatic rings. The fourth-order valence-electron chi connectivity index (χ4n) is 7.85. The van der Waals surface area contributed by atoms with Crippen LogP contribution in [0.4, 0.5) is 4.39 Å². The highest BCUT2D eigenvalue weighted by Gasteiger charge is 2.56. The number of benzene rings is 1. The number of nitrogens with zero attached hydrogens (tertiary/aromatic N) is 2. The summed E-state index contributed by atoms with van der Waals surface area (Å²) >= 11 is 1.85. The lowest BCUT2D eigenvalue weighted by atomic mass is 9.49. The van der Waals surface area contributed by atoms with Gasteiger partial charge in [-0.25, -0.2) is 4.39 Å². The van der Waals surface area contributed by atoms with Gasteiger partial charge >= 0.3 is 0 Å². The first-order valence-corrected chi connectivity index (χ1v) is 13.0. The van der Waals surface area contributed by atoms with E-state index < -0.39 is 0 Å². The Labute approximate surface area is 187 Å². The molecule has 2 heterocycles. The van der Waals surface area contributed by atoms with Crippen LogP contribution in [0.5, 0.6) is 0 Å². The van der Waals surface area contributed by atoms with Gasteiger partial charge in [-0.3, -0.25) is 9.59 Å². The van der Waals surface area contributed by atoms with Gasteiger partial charge in [-0.15, -0.1) is 11.8 Å². The number of carbonyl (C=O) groups excluding carboxylic acids is 2. The van der Waals surface area contributed by atoms with Crippen LogP contribution in [-0.4, -0.2) is 51.9 Å². The lowest BCUT2D eigenvalue weighted by molar-refractivity contribution is -0.159. The minimum Gasteiger partial charge on any atom is -0.342 e. The normalized spacial score (nSPS) is 35.7. The van der Waals surface area contributed by atoms with E-state index in [1.807, 2.05) is 16.7 Å². The highest BCUT2D eigenvalue weighted by Crippen LogP contribution is 2.61. The van der Waals surface area contributed by atoms with Crippen molar-refractivity contribution in [2.75, 3.05) is 25.4 Å². The van der Waals surface area contributed by atoms with E-state index in [0.29, 0.717) is 18.0 Å². The third-order valence-corrected chi connectivity index (χ3v) is 10.4. The molecule has 166 valence electrons. The molecule has 2 saturated heterocycles. The molecule has 1 spiro atoms. The quantitative estimate of drug-likeness (QED) is 0.675. The van der Waals surface area contributed by atoms with Gasteiger partial charge in [-0.2, -0.15) is 0 Å². The van der Waals surface area contributed by atoms with E-state index in [-0.39, 0.29) is 22.0 Å². The molecule has 6 heteroatoms. The summed E-state index contributed by atoms with van der Waals surface area (Å²) in [6, 6.07) is 6.02. The van der Waals surface area contributed by atoms with Crippen LogP contribution in [0, 0.1) is 29.0 Å². The van der Waals surface area contributed by atoms with Crippen molar-refractivity contribution >= 4 is 23.6 Å². The largest absolute Gasteiger partial charge is 0.342 e. The molecule has 1 aromatic carbocycles. The summed E-state index contributed by atoms with van der Waals surface area (Å²) in [6.07, 6.45) is 9.01. The molecule has 4 saturated carbocycles. The second kappa shape index (κ2) is 7.23. The summed E-state index contributed by atoms with van der Waals surface area (Å²) in [5.41, 5.74) is 0.341. The zero-order valence-electron chi connectivity index (χ0n) is 18.0. The highest BCUT2D eigenvalue weighted by molar-refractivity contribution is 8.00. The van der Waals surface area contributed by atoms with Crippen molar-refractivity contribution in [3.8, 4) is 0 Å². The Balaban J connectivity index is 1.16. The smallest absolute Gasteiger partial charge is 0.255 e. The number of halogens is 1. The average molecular weight is 443 g/mol. The van der Waals surface area contributed by atoms with Gasteiger partial charge in [-0.1, -0.05) is 6.07 Å². The van der Waals surface area contributed by atoms with Crippen LogP contribution in [-0.2, 0) is 4.79 Å². The van der Waals surface area contributed by atoms with Crippen molar-refractivity contribution in [2.24, 2.45) is 23.2 Å². The van der Waals surface area contributed by atoms with Crippen LogP contribution >= 0.6 is 11.8 Å². The summed E-state index contributed by atoms with van der Waals surface area (Å²) in [5, 5.41) is 0. The molecule has 6 fully saturated rings. The summed E-state index contributed by atoms with van der Waals surface area (Å²) < 4.78 is 13.7. The zero-order valence-corrected chi connectivity index (χ0v) is 18.8. The fraction of sp³-hybridized carbons (Fsp3) is 0.680. The van der Waals surface area contributed by atoms with Crippen LogP contribution in [0.25, 0.3) is 0 Å². The molecule has 2 aliphatic heterocycles. The summed E-state index contributed by atoms with van der Waals surface area (Å²) in [6.45, 7) is 2.17. The van der Waals surface area contributed by atoms with Gasteiger partial charge in [0.1, 0.15) is 5.82 Å². The van der Waals surface area contributed by atoms with Gasteiger partial charge in [0.05, 0.1) is 10.3 Å². The molecular weight excluding hydrogens is 411 g/mol. The van der Waals surface area contributed by atoms with Gasteiger partial charge in [-0.05, 0) is 87.3 Å². The first kappa shape index (κ1) is 20.1. The van der Waals surface area contributed by atoms with Crippen molar-refractivity contribution in [3.63, 3.8) is 0 Å². The lowest BCUT2D eigenvalue weighted by Gasteiger charge is -2.57. The Morgan fingerprint density at radius 1 is 0.968 bits per heavy atom. The van der Waals surface area contributed by atoms with Gasteiger partial charge in [0.25, 0.3) is 5.91 Å². The maximum absolute atomic E-state index is 13.7. The first-order valence-electron chi connectivity index (χ1n) is 12.0. The Bertz CT molecular complexity index is 875. The van der Waals surface area contributed by atoms with E-state index in [0.717, 1.165) is 68.7 Å². The number of rotatable bonds is 2. The van der Waals surface area contributed by atoms with E-state index in [2.05, 4.69) is 4.90 Å². The molecular formula is C25H31FN2O2S. The molecule has 4 nitrogen and oxygen atoms in total. The van der Waals surface area contributed by atoms with E-state index in [9.17, 15) is 14.0 Å². The molecule has 0 unspecified atom stereocenters. The number of thioether (sulfide) groups is 1. The van der Waals surface area contributed by atoms with E-state index in [1.54, 1.807) is 12.1 Å². The average Bonchev–Trinajstić information content (AvgIpc) is 3.15. The van der Waals surface area contributed by atoms with Crippen LogP contribution in [0.3, 0.4) is 0 Å². The van der Waals surface area contributed by atoms with Gasteiger partial charge < -0.3 is 9.80 Å². The van der Waals surface area contributed by atoms with Gasteiger partial charge in [0.15, 0.2) is 0 Å². The number of amides is 2. The molecule has 0 aromatic heterocycles. The molecule has 6 aliphatic rings. The van der Waals surface area contributed by atoms with Gasteiger partial charge in [0, 0.05) is 31.0 Å². The molecule has 4 bridgehead atoms. The Morgan fingerprint density at radius 2 is 1.61 bits per heavy atom. The topological polar surface area (TPSA) is 40.6 Å². The van der Waals surface area contributed by atoms with Crippen molar-refractivity contribution in [2.45, 2.75) is 56.2 Å². The molecule has 0 atom stereocenters. The molecule has 31 heavy (non-hydrogen) atoms. The summed E-state index contributed by atoms with van der Waals surface area (Å²) in [7, 11) is 0. The Kier molecular flexibility index (Phi) is 4.68. The predicted octanol–water partition coefficient (Wildman–Crippen LogP) is 4.55. The van der Waals surface area contributed by atoms with E-state index >= 15 is 0 Å². The number of carbonyl (C=O) groups is 2. The van der Waals surface area contributed by atoms with Crippen molar-refractivity contribution < 1.29 is 14.0 Å². The Morgan fingerprint density at radius 3 is 2.23 bits per heavy atom. The minimum atomic E-state index is -0.372. The van der Waals surface area contributed by atoms with Crippen LogP contribution in [0.15, 0.2) is 24.3 Å². The molecule has 0 N–H and O–H groups in total. The maximum atomic E-state index is 13.7. The van der Waals surface area contributed by atoms with Gasteiger partial charge in [0.2, 0.25) is 5.91 Å². The Hall–Kier alpha value is -1.56. The number of hydrogen-bond donors (Lipinski definition) is 0. The van der Waals surface area contributed by atoms with E-state index in [1.165, 1.54) is 31.4 Å². The number of piperidine rings is 1. The summed E-state index contributed by atoms with van der Waals surface area (Å²) in [5.74, 6) is 3.19. The molecule has 7 rings (SSSR count). The third kappa shape index (κ3) is 3.23. The number of hydrogen-bond acceptors (Lipinski definition) is 3. The second-order valence-corrected chi connectivity index (χ2v) is 12.2. The zero-order chi connectivity index (χ0) is 21.2. The minimum absolute atomic E-state index is 0.0784. The highest BCUT2D eigenvalue weighted by atomic mass is 32.2. The van der Waals surface area contributed by atoms with E-state index in [4.69, 9.17) is 0 Å².